The summed E-state index contributed by atoms with van der Waals surface area (Å²) < 4.78 is 7.19. The van der Waals surface area contributed by atoms with Gasteiger partial charge in [0, 0.05) is 25.5 Å². The number of imidazole rings is 1. The molecule has 0 aromatic carbocycles. The van der Waals surface area contributed by atoms with Crippen molar-refractivity contribution in [3.63, 3.8) is 0 Å². The van der Waals surface area contributed by atoms with E-state index in [1.165, 1.54) is 0 Å². The van der Waals surface area contributed by atoms with Gasteiger partial charge in [-0.15, -0.1) is 0 Å². The molecule has 0 aliphatic heterocycles. The lowest BCUT2D eigenvalue weighted by molar-refractivity contribution is 0.147. The minimum absolute atomic E-state index is 0.526. The van der Waals surface area contributed by atoms with Gasteiger partial charge < -0.3 is 19.4 Å². The number of hydrogen-bond acceptors (Lipinski definition) is 4. The van der Waals surface area contributed by atoms with Gasteiger partial charge in [-0.25, -0.2) is 4.98 Å². The van der Waals surface area contributed by atoms with Crippen LogP contribution in [0.25, 0.3) is 0 Å². The van der Waals surface area contributed by atoms with E-state index in [4.69, 9.17) is 4.42 Å². The van der Waals surface area contributed by atoms with Crippen LogP contribution in [-0.4, -0.2) is 27.7 Å². The molecule has 5 heteroatoms. The Balaban J connectivity index is 1.51. The van der Waals surface area contributed by atoms with Crippen molar-refractivity contribution >= 4 is 0 Å². The van der Waals surface area contributed by atoms with Crippen molar-refractivity contribution in [1.29, 1.82) is 0 Å². The number of aliphatic hydroxyl groups is 1. The van der Waals surface area contributed by atoms with Crippen molar-refractivity contribution < 1.29 is 9.52 Å². The standard InChI is InChI=1S/C13H19N3O2/c17-12(13-4-3-9-18-13)10-14-5-1-2-7-16-8-6-15-11-16/h3-4,6,8-9,11-12,14,17H,1-2,5,7,10H2. The van der Waals surface area contributed by atoms with Gasteiger partial charge >= 0.3 is 0 Å². The highest BCUT2D eigenvalue weighted by atomic mass is 16.4. The zero-order valence-electron chi connectivity index (χ0n) is 10.3. The first-order valence-electron chi connectivity index (χ1n) is 6.24. The molecule has 0 radical (unpaired) electrons. The number of rotatable bonds is 8. The second-order valence-electron chi connectivity index (χ2n) is 4.24. The highest BCUT2D eigenvalue weighted by molar-refractivity contribution is 5.02. The molecule has 5 nitrogen and oxygen atoms in total. The van der Waals surface area contributed by atoms with Crippen molar-refractivity contribution in [3.05, 3.63) is 42.9 Å². The van der Waals surface area contributed by atoms with Gasteiger partial charge in [0.15, 0.2) is 0 Å². The third-order valence-corrected chi connectivity index (χ3v) is 2.79. The van der Waals surface area contributed by atoms with E-state index in [0.29, 0.717) is 12.3 Å². The number of nitrogens with zero attached hydrogens (tertiary/aromatic N) is 2. The minimum Gasteiger partial charge on any atom is -0.467 e. The van der Waals surface area contributed by atoms with Crippen LogP contribution in [0.1, 0.15) is 24.7 Å². The van der Waals surface area contributed by atoms with Crippen molar-refractivity contribution in [2.45, 2.75) is 25.5 Å². The Kier molecular flexibility index (Phi) is 4.99. The zero-order chi connectivity index (χ0) is 12.6. The van der Waals surface area contributed by atoms with Gasteiger partial charge in [0.1, 0.15) is 11.9 Å². The minimum atomic E-state index is -0.561. The van der Waals surface area contributed by atoms with Crippen molar-refractivity contribution in [1.82, 2.24) is 14.9 Å². The maximum Gasteiger partial charge on any atom is 0.133 e. The lowest BCUT2D eigenvalue weighted by Crippen LogP contribution is -2.22. The Bertz CT molecular complexity index is 411. The van der Waals surface area contributed by atoms with Crippen LogP contribution in [0.4, 0.5) is 0 Å². The molecule has 18 heavy (non-hydrogen) atoms. The van der Waals surface area contributed by atoms with Gasteiger partial charge in [-0.1, -0.05) is 0 Å². The summed E-state index contributed by atoms with van der Waals surface area (Å²) in [5, 5.41) is 13.0. The monoisotopic (exact) mass is 249 g/mol. The Hall–Kier alpha value is -1.59. The van der Waals surface area contributed by atoms with E-state index in [-0.39, 0.29) is 0 Å². The third kappa shape index (κ3) is 4.01. The molecule has 0 saturated heterocycles. The van der Waals surface area contributed by atoms with E-state index in [1.54, 1.807) is 24.6 Å². The van der Waals surface area contributed by atoms with Crippen LogP contribution in [0.2, 0.25) is 0 Å². The summed E-state index contributed by atoms with van der Waals surface area (Å²) in [6.07, 6.45) is 8.77. The Morgan fingerprint density at radius 1 is 1.44 bits per heavy atom. The van der Waals surface area contributed by atoms with Gasteiger partial charge in [0.05, 0.1) is 12.6 Å². The summed E-state index contributed by atoms with van der Waals surface area (Å²) in [6.45, 7) is 2.41. The first-order chi connectivity index (χ1) is 8.86. The summed E-state index contributed by atoms with van der Waals surface area (Å²) in [5.74, 6) is 0.612. The molecular weight excluding hydrogens is 230 g/mol. The molecule has 0 aliphatic carbocycles. The smallest absolute Gasteiger partial charge is 0.133 e. The first kappa shape index (κ1) is 12.9. The summed E-state index contributed by atoms with van der Waals surface area (Å²) in [7, 11) is 0. The van der Waals surface area contributed by atoms with E-state index < -0.39 is 6.10 Å². The van der Waals surface area contributed by atoms with Crippen molar-refractivity contribution in [2.75, 3.05) is 13.1 Å². The molecule has 2 N–H and O–H groups in total. The van der Waals surface area contributed by atoms with E-state index >= 15 is 0 Å². The fraction of sp³-hybridized carbons (Fsp3) is 0.462. The molecule has 2 rings (SSSR count). The SMILES string of the molecule is OC(CNCCCCn1ccnc1)c1ccco1. The Labute approximate surface area is 106 Å². The van der Waals surface area contributed by atoms with Gasteiger partial charge in [0.2, 0.25) is 0 Å². The number of furan rings is 1. The number of aromatic nitrogens is 2. The number of nitrogens with one attached hydrogen (secondary N) is 1. The number of unbranched alkanes of at least 4 members (excludes halogenated alkanes) is 1. The summed E-state index contributed by atoms with van der Waals surface area (Å²) in [6, 6.07) is 3.56. The highest BCUT2D eigenvalue weighted by Gasteiger charge is 2.08. The quantitative estimate of drug-likeness (QED) is 0.697. The van der Waals surface area contributed by atoms with E-state index in [2.05, 4.69) is 14.9 Å². The molecular formula is C13H19N3O2. The van der Waals surface area contributed by atoms with Crippen LogP contribution in [0.15, 0.2) is 41.5 Å². The molecule has 2 aromatic rings. The van der Waals surface area contributed by atoms with Gasteiger partial charge in [-0.05, 0) is 31.5 Å². The van der Waals surface area contributed by atoms with Crippen molar-refractivity contribution in [2.24, 2.45) is 0 Å². The maximum atomic E-state index is 9.75. The van der Waals surface area contributed by atoms with Crippen LogP contribution in [-0.2, 0) is 6.54 Å². The molecule has 1 atom stereocenters. The second kappa shape index (κ2) is 6.98. The summed E-state index contributed by atoms with van der Waals surface area (Å²) in [4.78, 5) is 3.99. The topological polar surface area (TPSA) is 63.2 Å². The second-order valence-corrected chi connectivity index (χ2v) is 4.24. The summed E-state index contributed by atoms with van der Waals surface area (Å²) >= 11 is 0. The molecule has 0 aliphatic rings. The predicted octanol–water partition coefficient (Wildman–Crippen LogP) is 1.58. The molecule has 0 bridgehead atoms. The van der Waals surface area contributed by atoms with Gasteiger partial charge in [-0.2, -0.15) is 0 Å². The van der Waals surface area contributed by atoms with Crippen LogP contribution in [0, 0.1) is 0 Å². The van der Waals surface area contributed by atoms with Crippen LogP contribution in [0.5, 0.6) is 0 Å². The number of hydrogen-bond donors (Lipinski definition) is 2. The van der Waals surface area contributed by atoms with E-state index in [0.717, 1.165) is 25.9 Å². The highest BCUT2D eigenvalue weighted by Crippen LogP contribution is 2.11. The lowest BCUT2D eigenvalue weighted by atomic mass is 10.2. The Morgan fingerprint density at radius 3 is 3.11 bits per heavy atom. The molecule has 0 saturated carbocycles. The molecule has 2 aromatic heterocycles. The number of aryl methyl sites for hydroxylation is 1. The average molecular weight is 249 g/mol. The molecule has 2 heterocycles. The Morgan fingerprint density at radius 2 is 2.39 bits per heavy atom. The molecule has 1 unspecified atom stereocenters. The normalized spacial score (nSPS) is 12.7. The fourth-order valence-corrected chi connectivity index (χ4v) is 1.78. The molecule has 0 amide bonds. The summed E-state index contributed by atoms with van der Waals surface area (Å²) in [5.41, 5.74) is 0. The largest absolute Gasteiger partial charge is 0.467 e. The maximum absolute atomic E-state index is 9.75. The van der Waals surface area contributed by atoms with Crippen LogP contribution >= 0.6 is 0 Å². The van der Waals surface area contributed by atoms with Crippen LogP contribution in [0.3, 0.4) is 0 Å². The number of aliphatic hydroxyl groups excluding tert-OH is 1. The molecule has 98 valence electrons. The zero-order valence-corrected chi connectivity index (χ0v) is 10.3. The fourth-order valence-electron chi connectivity index (χ4n) is 1.78. The van der Waals surface area contributed by atoms with Crippen molar-refractivity contribution in [3.8, 4) is 0 Å². The predicted molar refractivity (Wildman–Crippen MR) is 68.0 cm³/mol. The lowest BCUT2D eigenvalue weighted by Gasteiger charge is -2.09. The van der Waals surface area contributed by atoms with Gasteiger partial charge in [-0.3, -0.25) is 0 Å². The van der Waals surface area contributed by atoms with Crippen LogP contribution < -0.4 is 5.32 Å². The molecule has 0 fully saturated rings. The first-order valence-corrected chi connectivity index (χ1v) is 6.24. The van der Waals surface area contributed by atoms with Gasteiger partial charge in [0.25, 0.3) is 0 Å². The van der Waals surface area contributed by atoms with E-state index in [1.807, 2.05) is 12.5 Å². The van der Waals surface area contributed by atoms with E-state index in [9.17, 15) is 5.11 Å². The average Bonchev–Trinajstić information content (AvgIpc) is 3.05. The third-order valence-electron chi connectivity index (χ3n) is 2.79. The molecule has 0 spiro atoms.